The van der Waals surface area contributed by atoms with E-state index in [1.165, 1.54) is 6.33 Å². The Kier molecular flexibility index (Phi) is 5.54. The van der Waals surface area contributed by atoms with Gasteiger partial charge in [-0.15, -0.1) is 0 Å². The molecule has 0 aliphatic carbocycles. The second-order valence-electron chi connectivity index (χ2n) is 5.86. The van der Waals surface area contributed by atoms with Crippen molar-refractivity contribution in [1.29, 1.82) is 0 Å². The van der Waals surface area contributed by atoms with Crippen molar-refractivity contribution in [3.05, 3.63) is 12.4 Å². The molecule has 108 valence electrons. The van der Waals surface area contributed by atoms with Crippen molar-refractivity contribution in [2.45, 2.75) is 52.7 Å². The van der Waals surface area contributed by atoms with Gasteiger partial charge in [0, 0.05) is 12.6 Å². The molecule has 0 amide bonds. The van der Waals surface area contributed by atoms with Crippen LogP contribution in [0.5, 0.6) is 5.88 Å². The van der Waals surface area contributed by atoms with Gasteiger partial charge in [-0.1, -0.05) is 13.8 Å². The summed E-state index contributed by atoms with van der Waals surface area (Å²) in [6.45, 7) is 10.3. The van der Waals surface area contributed by atoms with E-state index in [4.69, 9.17) is 4.74 Å². The summed E-state index contributed by atoms with van der Waals surface area (Å²) in [5, 5.41) is 13.3. The summed E-state index contributed by atoms with van der Waals surface area (Å²) in [6, 6.07) is 1.74. The van der Waals surface area contributed by atoms with Crippen LogP contribution < -0.4 is 10.1 Å². The maximum atomic E-state index is 10.2. The van der Waals surface area contributed by atoms with Crippen LogP contribution in [0.15, 0.2) is 12.4 Å². The molecule has 0 saturated carbocycles. The van der Waals surface area contributed by atoms with Crippen LogP contribution in [0.1, 0.15) is 41.0 Å². The number of nitrogens with zero attached hydrogens (tertiary/aromatic N) is 2. The van der Waals surface area contributed by atoms with E-state index in [2.05, 4.69) is 29.1 Å². The van der Waals surface area contributed by atoms with Crippen LogP contribution in [0.4, 0.5) is 5.82 Å². The zero-order valence-corrected chi connectivity index (χ0v) is 12.5. The van der Waals surface area contributed by atoms with E-state index >= 15 is 0 Å². The van der Waals surface area contributed by atoms with Crippen molar-refractivity contribution < 1.29 is 9.84 Å². The molecule has 0 saturated heterocycles. The second kappa shape index (κ2) is 6.70. The minimum absolute atomic E-state index is 0.0757. The highest BCUT2D eigenvalue weighted by molar-refractivity contribution is 5.37. The van der Waals surface area contributed by atoms with Gasteiger partial charge in [0.1, 0.15) is 12.1 Å². The lowest BCUT2D eigenvalue weighted by atomic mass is 9.94. The molecule has 0 spiro atoms. The van der Waals surface area contributed by atoms with Crippen LogP contribution in [0.3, 0.4) is 0 Å². The van der Waals surface area contributed by atoms with Gasteiger partial charge in [0.25, 0.3) is 0 Å². The SMILES string of the molecule is CC(C)CC(C)(O)CNc1cc(OC(C)C)ncn1. The Morgan fingerprint density at radius 2 is 2.00 bits per heavy atom. The molecule has 19 heavy (non-hydrogen) atoms. The predicted octanol–water partition coefficient (Wildman–Crippen LogP) is 2.47. The fourth-order valence-corrected chi connectivity index (χ4v) is 1.97. The van der Waals surface area contributed by atoms with Gasteiger partial charge in [-0.2, -0.15) is 0 Å². The molecule has 1 unspecified atom stereocenters. The molecule has 1 aromatic rings. The molecule has 0 fully saturated rings. The molecule has 0 aliphatic heterocycles. The van der Waals surface area contributed by atoms with Gasteiger partial charge >= 0.3 is 0 Å². The van der Waals surface area contributed by atoms with Crippen molar-refractivity contribution in [2.75, 3.05) is 11.9 Å². The van der Waals surface area contributed by atoms with Gasteiger partial charge in [-0.25, -0.2) is 9.97 Å². The minimum atomic E-state index is -0.752. The molecule has 1 atom stereocenters. The summed E-state index contributed by atoms with van der Waals surface area (Å²) in [5.74, 6) is 1.65. The summed E-state index contributed by atoms with van der Waals surface area (Å²) < 4.78 is 5.50. The maximum absolute atomic E-state index is 10.2. The molecule has 5 nitrogen and oxygen atoms in total. The van der Waals surface area contributed by atoms with Crippen molar-refractivity contribution in [1.82, 2.24) is 9.97 Å². The highest BCUT2D eigenvalue weighted by atomic mass is 16.5. The average molecular weight is 267 g/mol. The maximum Gasteiger partial charge on any atom is 0.218 e. The Hall–Kier alpha value is -1.36. The van der Waals surface area contributed by atoms with Gasteiger partial charge in [0.2, 0.25) is 5.88 Å². The summed E-state index contributed by atoms with van der Waals surface area (Å²) in [7, 11) is 0. The predicted molar refractivity (Wildman–Crippen MR) is 76.4 cm³/mol. The van der Waals surface area contributed by atoms with E-state index in [1.54, 1.807) is 6.07 Å². The molecule has 5 heteroatoms. The Balaban J connectivity index is 2.57. The zero-order chi connectivity index (χ0) is 14.5. The highest BCUT2D eigenvalue weighted by Crippen LogP contribution is 2.18. The Morgan fingerprint density at radius 3 is 2.58 bits per heavy atom. The number of rotatable bonds is 7. The first-order chi connectivity index (χ1) is 8.78. The van der Waals surface area contributed by atoms with Crippen LogP contribution in [0, 0.1) is 5.92 Å². The molecule has 1 rings (SSSR count). The standard InChI is InChI=1S/C14H25N3O2/c1-10(2)7-14(5,18)8-15-12-6-13(17-9-16-12)19-11(3)4/h6,9-11,18H,7-8H2,1-5H3,(H,15,16,17). The third kappa shape index (κ3) is 6.38. The Morgan fingerprint density at radius 1 is 1.32 bits per heavy atom. The van der Waals surface area contributed by atoms with Crippen molar-refractivity contribution in [3.63, 3.8) is 0 Å². The molecular weight excluding hydrogens is 242 g/mol. The first-order valence-electron chi connectivity index (χ1n) is 6.73. The summed E-state index contributed by atoms with van der Waals surface area (Å²) >= 11 is 0. The van der Waals surface area contributed by atoms with Crippen LogP contribution >= 0.6 is 0 Å². The normalized spacial score (nSPS) is 14.5. The number of anilines is 1. The molecule has 2 N–H and O–H groups in total. The molecule has 0 aliphatic rings. The minimum Gasteiger partial charge on any atom is -0.475 e. The van der Waals surface area contributed by atoms with E-state index in [0.717, 1.165) is 6.42 Å². The molecule has 1 aromatic heterocycles. The summed E-state index contributed by atoms with van der Waals surface area (Å²) in [4.78, 5) is 8.15. The summed E-state index contributed by atoms with van der Waals surface area (Å²) in [6.07, 6.45) is 2.27. The highest BCUT2D eigenvalue weighted by Gasteiger charge is 2.21. The van der Waals surface area contributed by atoms with E-state index < -0.39 is 5.60 Å². The van der Waals surface area contributed by atoms with Crippen molar-refractivity contribution in [3.8, 4) is 5.88 Å². The monoisotopic (exact) mass is 267 g/mol. The quantitative estimate of drug-likeness (QED) is 0.794. The zero-order valence-electron chi connectivity index (χ0n) is 12.5. The first kappa shape index (κ1) is 15.7. The van der Waals surface area contributed by atoms with Gasteiger partial charge in [0.15, 0.2) is 0 Å². The fourth-order valence-electron chi connectivity index (χ4n) is 1.97. The number of ether oxygens (including phenoxy) is 1. The number of aromatic nitrogens is 2. The smallest absolute Gasteiger partial charge is 0.218 e. The number of nitrogens with one attached hydrogen (secondary N) is 1. The van der Waals surface area contributed by atoms with Gasteiger partial charge < -0.3 is 15.2 Å². The molecule has 0 radical (unpaired) electrons. The molecule has 0 aromatic carbocycles. The first-order valence-corrected chi connectivity index (χ1v) is 6.73. The lowest BCUT2D eigenvalue weighted by Crippen LogP contribution is -2.35. The van der Waals surface area contributed by atoms with Gasteiger partial charge in [0.05, 0.1) is 11.7 Å². The molecular formula is C14H25N3O2. The Bertz CT molecular complexity index is 392. The van der Waals surface area contributed by atoms with E-state index in [9.17, 15) is 5.11 Å². The lowest BCUT2D eigenvalue weighted by molar-refractivity contribution is 0.0514. The van der Waals surface area contributed by atoms with Crippen LogP contribution in [0.2, 0.25) is 0 Å². The topological polar surface area (TPSA) is 67.3 Å². The van der Waals surface area contributed by atoms with E-state index in [-0.39, 0.29) is 6.10 Å². The van der Waals surface area contributed by atoms with Gasteiger partial charge in [-0.3, -0.25) is 0 Å². The molecule has 1 heterocycles. The number of aliphatic hydroxyl groups is 1. The van der Waals surface area contributed by atoms with Crippen molar-refractivity contribution in [2.24, 2.45) is 5.92 Å². The van der Waals surface area contributed by atoms with Crippen LogP contribution in [-0.4, -0.2) is 33.3 Å². The third-order valence-electron chi connectivity index (χ3n) is 2.50. The largest absolute Gasteiger partial charge is 0.475 e. The third-order valence-corrected chi connectivity index (χ3v) is 2.50. The van der Waals surface area contributed by atoms with Gasteiger partial charge in [-0.05, 0) is 33.1 Å². The van der Waals surface area contributed by atoms with Crippen molar-refractivity contribution >= 4 is 5.82 Å². The summed E-state index contributed by atoms with van der Waals surface area (Å²) in [5.41, 5.74) is -0.752. The fraction of sp³-hybridized carbons (Fsp3) is 0.714. The van der Waals surface area contributed by atoms with E-state index in [1.807, 2.05) is 20.8 Å². The van der Waals surface area contributed by atoms with E-state index in [0.29, 0.717) is 24.2 Å². The lowest BCUT2D eigenvalue weighted by Gasteiger charge is -2.25. The number of hydrogen-bond acceptors (Lipinski definition) is 5. The Labute approximate surface area is 115 Å². The number of hydrogen-bond donors (Lipinski definition) is 2. The molecule has 0 bridgehead atoms. The van der Waals surface area contributed by atoms with Crippen LogP contribution in [0.25, 0.3) is 0 Å². The van der Waals surface area contributed by atoms with Crippen LogP contribution in [-0.2, 0) is 0 Å². The second-order valence-corrected chi connectivity index (χ2v) is 5.86. The average Bonchev–Trinajstić information content (AvgIpc) is 2.24.